The lowest BCUT2D eigenvalue weighted by molar-refractivity contribution is -0.141. The SMILES string of the molecule is CCNCc1ccccc1-n1ccc(C(F)(F)F)n1. The monoisotopic (exact) mass is 269 g/mol. The molecular weight excluding hydrogens is 255 g/mol. The third-order valence-electron chi connectivity index (χ3n) is 2.68. The van der Waals surface area contributed by atoms with Crippen LogP contribution in [0, 0.1) is 0 Å². The minimum atomic E-state index is -4.41. The summed E-state index contributed by atoms with van der Waals surface area (Å²) in [7, 11) is 0. The standard InChI is InChI=1S/C13H14F3N3/c1-2-17-9-10-5-3-4-6-11(10)19-8-7-12(18-19)13(14,15)16/h3-8,17H,2,9H2,1H3. The number of alkyl halides is 3. The minimum absolute atomic E-state index is 0.591. The van der Waals surface area contributed by atoms with Gasteiger partial charge in [-0.25, -0.2) is 4.68 Å². The minimum Gasteiger partial charge on any atom is -0.313 e. The number of para-hydroxylation sites is 1. The Morgan fingerprint density at radius 3 is 2.58 bits per heavy atom. The Labute approximate surface area is 109 Å². The zero-order valence-electron chi connectivity index (χ0n) is 10.4. The number of benzene rings is 1. The second-order valence-corrected chi connectivity index (χ2v) is 4.05. The summed E-state index contributed by atoms with van der Waals surface area (Å²) in [5.74, 6) is 0. The molecule has 1 heterocycles. The Morgan fingerprint density at radius 2 is 1.95 bits per heavy atom. The topological polar surface area (TPSA) is 29.9 Å². The maximum absolute atomic E-state index is 12.5. The molecule has 2 aromatic rings. The first kappa shape index (κ1) is 13.6. The zero-order valence-corrected chi connectivity index (χ0v) is 10.4. The van der Waals surface area contributed by atoms with Crippen molar-refractivity contribution in [1.29, 1.82) is 0 Å². The molecule has 102 valence electrons. The van der Waals surface area contributed by atoms with Crippen molar-refractivity contribution in [2.24, 2.45) is 0 Å². The van der Waals surface area contributed by atoms with E-state index in [2.05, 4.69) is 10.4 Å². The van der Waals surface area contributed by atoms with Crippen LogP contribution < -0.4 is 5.32 Å². The van der Waals surface area contributed by atoms with Gasteiger partial charge in [0.25, 0.3) is 0 Å². The summed E-state index contributed by atoms with van der Waals surface area (Å²) >= 11 is 0. The van der Waals surface area contributed by atoms with Gasteiger partial charge < -0.3 is 5.32 Å². The lowest BCUT2D eigenvalue weighted by Crippen LogP contribution is -2.14. The predicted octanol–water partition coefficient (Wildman–Crippen LogP) is 3.00. The second kappa shape index (κ2) is 5.44. The van der Waals surface area contributed by atoms with Gasteiger partial charge in [0.1, 0.15) is 0 Å². The summed E-state index contributed by atoms with van der Waals surface area (Å²) in [5.41, 5.74) is 0.672. The number of nitrogens with zero attached hydrogens (tertiary/aromatic N) is 2. The van der Waals surface area contributed by atoms with E-state index in [0.717, 1.165) is 18.2 Å². The Morgan fingerprint density at radius 1 is 1.21 bits per heavy atom. The van der Waals surface area contributed by atoms with Crippen molar-refractivity contribution in [2.45, 2.75) is 19.6 Å². The summed E-state index contributed by atoms with van der Waals surface area (Å²) in [6.45, 7) is 3.35. The molecule has 0 saturated heterocycles. The number of rotatable bonds is 4. The Kier molecular flexibility index (Phi) is 3.90. The number of hydrogen-bond acceptors (Lipinski definition) is 2. The van der Waals surface area contributed by atoms with Crippen LogP contribution in [0.4, 0.5) is 13.2 Å². The van der Waals surface area contributed by atoms with Crippen LogP contribution >= 0.6 is 0 Å². The van der Waals surface area contributed by atoms with Crippen molar-refractivity contribution in [3.05, 3.63) is 47.8 Å². The molecule has 0 aliphatic heterocycles. The highest BCUT2D eigenvalue weighted by Gasteiger charge is 2.33. The highest BCUT2D eigenvalue weighted by molar-refractivity contribution is 5.40. The molecule has 0 spiro atoms. The molecule has 19 heavy (non-hydrogen) atoms. The van der Waals surface area contributed by atoms with Gasteiger partial charge in [0.05, 0.1) is 5.69 Å². The molecule has 0 aliphatic carbocycles. The third kappa shape index (κ3) is 3.14. The highest BCUT2D eigenvalue weighted by Crippen LogP contribution is 2.28. The maximum atomic E-state index is 12.5. The molecule has 1 aromatic heterocycles. The van der Waals surface area contributed by atoms with Crippen LogP contribution in [0.5, 0.6) is 0 Å². The summed E-state index contributed by atoms with van der Waals surface area (Å²) in [6, 6.07) is 8.22. The average Bonchev–Trinajstić information content (AvgIpc) is 2.86. The van der Waals surface area contributed by atoms with Crippen molar-refractivity contribution in [1.82, 2.24) is 15.1 Å². The second-order valence-electron chi connectivity index (χ2n) is 4.05. The van der Waals surface area contributed by atoms with E-state index in [-0.39, 0.29) is 0 Å². The summed E-state index contributed by atoms with van der Waals surface area (Å²) in [6.07, 6.45) is -3.09. The smallest absolute Gasteiger partial charge is 0.313 e. The Bertz CT molecular complexity index is 546. The molecule has 0 amide bonds. The quantitative estimate of drug-likeness (QED) is 0.924. The first-order valence-corrected chi connectivity index (χ1v) is 5.94. The third-order valence-corrected chi connectivity index (χ3v) is 2.68. The first-order chi connectivity index (χ1) is 9.02. The lowest BCUT2D eigenvalue weighted by atomic mass is 10.2. The van der Waals surface area contributed by atoms with E-state index in [1.54, 1.807) is 12.1 Å². The highest BCUT2D eigenvalue weighted by atomic mass is 19.4. The normalized spacial score (nSPS) is 11.8. The van der Waals surface area contributed by atoms with Gasteiger partial charge in [-0.05, 0) is 24.2 Å². The molecule has 3 nitrogen and oxygen atoms in total. The molecule has 0 radical (unpaired) electrons. The molecule has 1 N–H and O–H groups in total. The van der Waals surface area contributed by atoms with Crippen molar-refractivity contribution < 1.29 is 13.2 Å². The average molecular weight is 269 g/mol. The van der Waals surface area contributed by atoms with Crippen LogP contribution in [0.25, 0.3) is 5.69 Å². The van der Waals surface area contributed by atoms with Crippen LogP contribution in [-0.2, 0) is 12.7 Å². The first-order valence-electron chi connectivity index (χ1n) is 5.94. The van der Waals surface area contributed by atoms with Gasteiger partial charge in [0, 0.05) is 12.7 Å². The number of aromatic nitrogens is 2. The Balaban J connectivity index is 2.33. The van der Waals surface area contributed by atoms with Crippen molar-refractivity contribution in [3.63, 3.8) is 0 Å². The van der Waals surface area contributed by atoms with Crippen LogP contribution in [0.1, 0.15) is 18.2 Å². The van der Waals surface area contributed by atoms with E-state index in [1.165, 1.54) is 10.9 Å². The van der Waals surface area contributed by atoms with Crippen LogP contribution in [0.3, 0.4) is 0 Å². The molecule has 6 heteroatoms. The van der Waals surface area contributed by atoms with Gasteiger partial charge >= 0.3 is 6.18 Å². The summed E-state index contributed by atoms with van der Waals surface area (Å²) in [5, 5.41) is 6.73. The maximum Gasteiger partial charge on any atom is 0.435 e. The number of hydrogen-bond donors (Lipinski definition) is 1. The summed E-state index contributed by atoms with van der Waals surface area (Å²) < 4.78 is 38.9. The lowest BCUT2D eigenvalue weighted by Gasteiger charge is -2.10. The fraction of sp³-hybridized carbons (Fsp3) is 0.308. The summed E-state index contributed by atoms with van der Waals surface area (Å²) in [4.78, 5) is 0. The van der Waals surface area contributed by atoms with Gasteiger partial charge in [-0.2, -0.15) is 18.3 Å². The predicted molar refractivity (Wildman–Crippen MR) is 65.9 cm³/mol. The fourth-order valence-corrected chi connectivity index (χ4v) is 1.75. The molecule has 0 atom stereocenters. The van der Waals surface area contributed by atoms with Gasteiger partial charge in [-0.3, -0.25) is 0 Å². The van der Waals surface area contributed by atoms with Crippen LogP contribution in [-0.4, -0.2) is 16.3 Å². The van der Waals surface area contributed by atoms with Crippen molar-refractivity contribution in [2.75, 3.05) is 6.54 Å². The van der Waals surface area contributed by atoms with E-state index in [0.29, 0.717) is 12.2 Å². The van der Waals surface area contributed by atoms with Gasteiger partial charge in [-0.15, -0.1) is 0 Å². The number of nitrogens with one attached hydrogen (secondary N) is 1. The molecule has 1 aromatic carbocycles. The van der Waals surface area contributed by atoms with Crippen LogP contribution in [0.2, 0.25) is 0 Å². The van der Waals surface area contributed by atoms with Crippen molar-refractivity contribution >= 4 is 0 Å². The molecular formula is C13H14F3N3. The van der Waals surface area contributed by atoms with E-state index in [9.17, 15) is 13.2 Å². The van der Waals surface area contributed by atoms with Gasteiger partial charge in [0.15, 0.2) is 5.69 Å². The van der Waals surface area contributed by atoms with E-state index < -0.39 is 11.9 Å². The molecule has 0 bridgehead atoms. The molecule has 0 unspecified atom stereocenters. The molecule has 0 saturated carbocycles. The van der Waals surface area contributed by atoms with Crippen molar-refractivity contribution in [3.8, 4) is 5.69 Å². The van der Waals surface area contributed by atoms with Crippen LogP contribution in [0.15, 0.2) is 36.5 Å². The number of halogens is 3. The van der Waals surface area contributed by atoms with Gasteiger partial charge in [0.2, 0.25) is 0 Å². The van der Waals surface area contributed by atoms with E-state index in [4.69, 9.17) is 0 Å². The zero-order chi connectivity index (χ0) is 13.9. The molecule has 0 fully saturated rings. The molecule has 2 rings (SSSR count). The van der Waals surface area contributed by atoms with E-state index in [1.807, 2.05) is 19.1 Å². The molecule has 0 aliphatic rings. The fourth-order valence-electron chi connectivity index (χ4n) is 1.75. The van der Waals surface area contributed by atoms with Gasteiger partial charge in [-0.1, -0.05) is 25.1 Å². The van der Waals surface area contributed by atoms with E-state index >= 15 is 0 Å². The Hall–Kier alpha value is -1.82. The largest absolute Gasteiger partial charge is 0.435 e.